The van der Waals surface area contributed by atoms with E-state index in [2.05, 4.69) is 13.5 Å². The molecule has 0 bridgehead atoms. The largest absolute Gasteiger partial charge is 0.481 e. The first-order valence-corrected chi connectivity index (χ1v) is 9.48. The van der Waals surface area contributed by atoms with Crippen molar-refractivity contribution in [3.05, 3.63) is 48.0 Å². The van der Waals surface area contributed by atoms with E-state index in [-0.39, 0.29) is 31.0 Å². The van der Waals surface area contributed by atoms with Gasteiger partial charge in [-0.1, -0.05) is 76.4 Å². The van der Waals surface area contributed by atoms with Crippen LogP contribution in [0, 0.1) is 11.3 Å². The summed E-state index contributed by atoms with van der Waals surface area (Å²) >= 11 is 0. The zero-order chi connectivity index (χ0) is 20.4. The minimum atomic E-state index is -1.77. The van der Waals surface area contributed by atoms with E-state index in [0.717, 1.165) is 31.2 Å². The Morgan fingerprint density at radius 2 is 1.74 bits per heavy atom. The van der Waals surface area contributed by atoms with Crippen molar-refractivity contribution in [2.24, 2.45) is 11.3 Å². The zero-order valence-corrected chi connectivity index (χ0v) is 16.2. The summed E-state index contributed by atoms with van der Waals surface area (Å²) < 4.78 is 0. The molecule has 0 aromatic heterocycles. The summed E-state index contributed by atoms with van der Waals surface area (Å²) in [5, 5.41) is 19.4. The number of Topliss-reactive ketones (excluding diaryl/α,β-unsaturated/α-hetero) is 1. The van der Waals surface area contributed by atoms with Crippen LogP contribution < -0.4 is 0 Å². The Labute approximate surface area is 161 Å². The normalized spacial score (nSPS) is 14.1. The fraction of sp³-hybridized carbons (Fsp3) is 0.500. The van der Waals surface area contributed by atoms with Gasteiger partial charge in [0, 0.05) is 18.4 Å². The Morgan fingerprint density at radius 1 is 1.11 bits per heavy atom. The average Bonchev–Trinajstić information content (AvgIpc) is 2.64. The van der Waals surface area contributed by atoms with Gasteiger partial charge in [0.25, 0.3) is 0 Å². The predicted molar refractivity (Wildman–Crippen MR) is 105 cm³/mol. The highest BCUT2D eigenvalue weighted by molar-refractivity contribution is 5.99. The van der Waals surface area contributed by atoms with Crippen molar-refractivity contribution in [2.75, 3.05) is 0 Å². The average molecular weight is 374 g/mol. The third kappa shape index (κ3) is 6.35. The smallest absolute Gasteiger partial charge is 0.332 e. The quantitative estimate of drug-likeness (QED) is 0.496. The van der Waals surface area contributed by atoms with Gasteiger partial charge in [0.2, 0.25) is 0 Å². The summed E-state index contributed by atoms with van der Waals surface area (Å²) in [6, 6.07) is 9.04. The van der Waals surface area contributed by atoms with Crippen molar-refractivity contribution in [3.63, 3.8) is 0 Å². The lowest BCUT2D eigenvalue weighted by Crippen LogP contribution is -2.40. The predicted octanol–water partition coefficient (Wildman–Crippen LogP) is 4.51. The highest BCUT2D eigenvalue weighted by Crippen LogP contribution is 2.41. The minimum absolute atomic E-state index is 0.0293. The summed E-state index contributed by atoms with van der Waals surface area (Å²) in [5.74, 6) is -2.92. The molecule has 1 aromatic carbocycles. The summed E-state index contributed by atoms with van der Waals surface area (Å²) in [4.78, 5) is 36.5. The third-order valence-corrected chi connectivity index (χ3v) is 5.17. The molecule has 27 heavy (non-hydrogen) atoms. The Balaban J connectivity index is 3.14. The molecule has 0 heterocycles. The van der Waals surface area contributed by atoms with Gasteiger partial charge in [-0.3, -0.25) is 9.59 Å². The van der Waals surface area contributed by atoms with E-state index >= 15 is 0 Å². The molecule has 0 fully saturated rings. The van der Waals surface area contributed by atoms with Crippen LogP contribution in [0.4, 0.5) is 0 Å². The van der Waals surface area contributed by atoms with Crippen LogP contribution >= 0.6 is 0 Å². The molecule has 2 N–H and O–H groups in total. The number of hydrogen-bond acceptors (Lipinski definition) is 3. The second-order valence-electron chi connectivity index (χ2n) is 7.17. The van der Waals surface area contributed by atoms with E-state index in [9.17, 15) is 24.6 Å². The van der Waals surface area contributed by atoms with Crippen molar-refractivity contribution >= 4 is 17.7 Å². The molecule has 0 saturated carbocycles. The van der Waals surface area contributed by atoms with Crippen molar-refractivity contribution in [2.45, 2.75) is 58.8 Å². The first kappa shape index (κ1) is 22.6. The second kappa shape index (κ2) is 10.7. The molecular weight excluding hydrogens is 344 g/mol. The maximum atomic E-state index is 12.6. The molecule has 5 nitrogen and oxygen atoms in total. The molecule has 0 aliphatic rings. The van der Waals surface area contributed by atoms with Crippen LogP contribution in [0.15, 0.2) is 42.5 Å². The molecular formula is C22H30O5. The lowest BCUT2D eigenvalue weighted by Gasteiger charge is -2.32. The number of carboxylic acid groups (broad SMARTS) is 2. The molecule has 0 radical (unpaired) electrons. The first-order valence-electron chi connectivity index (χ1n) is 9.48. The monoisotopic (exact) mass is 374 g/mol. The Hall–Kier alpha value is -2.43. The van der Waals surface area contributed by atoms with Crippen LogP contribution in [0.25, 0.3) is 0 Å². The number of carbonyl (C=O) groups is 3. The number of unbranched alkanes of at least 4 members (excludes halogenated alkanes) is 1. The van der Waals surface area contributed by atoms with E-state index in [4.69, 9.17) is 0 Å². The van der Waals surface area contributed by atoms with Crippen molar-refractivity contribution < 1.29 is 24.6 Å². The summed E-state index contributed by atoms with van der Waals surface area (Å²) in [7, 11) is 0. The molecule has 1 aromatic rings. The Kier molecular flexibility index (Phi) is 8.92. The van der Waals surface area contributed by atoms with Crippen LogP contribution in [0.5, 0.6) is 0 Å². The number of benzene rings is 1. The van der Waals surface area contributed by atoms with Crippen LogP contribution in [-0.4, -0.2) is 27.9 Å². The highest BCUT2D eigenvalue weighted by Gasteiger charge is 2.47. The van der Waals surface area contributed by atoms with Crippen LogP contribution in [0.3, 0.4) is 0 Å². The topological polar surface area (TPSA) is 91.7 Å². The highest BCUT2D eigenvalue weighted by atomic mass is 16.4. The number of hydrogen-bond donors (Lipinski definition) is 2. The molecule has 0 aliphatic carbocycles. The van der Waals surface area contributed by atoms with E-state index < -0.39 is 22.9 Å². The summed E-state index contributed by atoms with van der Waals surface area (Å²) in [5.41, 5.74) is -1.40. The van der Waals surface area contributed by atoms with Gasteiger partial charge >= 0.3 is 11.9 Å². The van der Waals surface area contributed by atoms with Crippen LogP contribution in [0.2, 0.25) is 0 Å². The van der Waals surface area contributed by atoms with E-state index in [1.807, 2.05) is 13.0 Å². The van der Waals surface area contributed by atoms with E-state index in [1.54, 1.807) is 24.3 Å². The number of carbonyl (C=O) groups excluding carboxylic acids is 1. The summed E-state index contributed by atoms with van der Waals surface area (Å²) in [6.07, 6.45) is 3.29. The SMILES string of the molecule is C=C(C(=O)O)C(CC(=O)Cc1ccccc1)(CC(CC)CCCC)C(=O)O. The standard InChI is InChI=1S/C22H30O5/c1-4-6-10-17(5-2)14-22(21(26)27,16(3)20(24)25)15-19(23)13-18-11-8-7-9-12-18/h7-9,11-12,17H,3-6,10,13-15H2,1-2H3,(H,24,25)(H,26,27). The van der Waals surface area contributed by atoms with E-state index in [1.165, 1.54) is 0 Å². The number of rotatable bonds is 13. The van der Waals surface area contributed by atoms with Crippen molar-refractivity contribution in [1.29, 1.82) is 0 Å². The number of aliphatic carboxylic acids is 2. The lowest BCUT2D eigenvalue weighted by molar-refractivity contribution is -0.153. The molecule has 2 unspecified atom stereocenters. The molecule has 0 saturated heterocycles. The maximum absolute atomic E-state index is 12.6. The first-order chi connectivity index (χ1) is 12.8. The molecule has 1 rings (SSSR count). The zero-order valence-electron chi connectivity index (χ0n) is 16.2. The third-order valence-electron chi connectivity index (χ3n) is 5.17. The lowest BCUT2D eigenvalue weighted by atomic mass is 9.68. The van der Waals surface area contributed by atoms with Gasteiger partial charge in [0.1, 0.15) is 11.2 Å². The molecule has 0 spiro atoms. The summed E-state index contributed by atoms with van der Waals surface area (Å²) in [6.45, 7) is 7.56. The fourth-order valence-corrected chi connectivity index (χ4v) is 3.46. The van der Waals surface area contributed by atoms with Crippen LogP contribution in [0.1, 0.15) is 57.9 Å². The van der Waals surface area contributed by atoms with Gasteiger partial charge in [-0.15, -0.1) is 0 Å². The molecule has 2 atom stereocenters. The van der Waals surface area contributed by atoms with E-state index in [0.29, 0.717) is 0 Å². The molecule has 0 aliphatic heterocycles. The maximum Gasteiger partial charge on any atom is 0.332 e. The van der Waals surface area contributed by atoms with Gasteiger partial charge in [-0.05, 0) is 17.9 Å². The van der Waals surface area contributed by atoms with Gasteiger partial charge in [-0.25, -0.2) is 4.79 Å². The van der Waals surface area contributed by atoms with Crippen molar-refractivity contribution in [1.82, 2.24) is 0 Å². The van der Waals surface area contributed by atoms with Gasteiger partial charge in [0.05, 0.1) is 0 Å². The molecule has 5 heteroatoms. The number of carboxylic acids is 2. The second-order valence-corrected chi connectivity index (χ2v) is 7.17. The van der Waals surface area contributed by atoms with Gasteiger partial charge in [-0.2, -0.15) is 0 Å². The minimum Gasteiger partial charge on any atom is -0.481 e. The van der Waals surface area contributed by atoms with Crippen molar-refractivity contribution in [3.8, 4) is 0 Å². The fourth-order valence-electron chi connectivity index (χ4n) is 3.46. The Bertz CT molecular complexity index is 665. The molecule has 0 amide bonds. The molecule has 148 valence electrons. The van der Waals surface area contributed by atoms with Gasteiger partial charge in [0.15, 0.2) is 0 Å². The van der Waals surface area contributed by atoms with Gasteiger partial charge < -0.3 is 10.2 Å². The Morgan fingerprint density at radius 3 is 2.22 bits per heavy atom. The van der Waals surface area contributed by atoms with Crippen LogP contribution in [-0.2, 0) is 20.8 Å². The number of ketones is 1.